The number of carbonyl (C=O) groups excluding carboxylic acids is 1. The molecule has 0 unspecified atom stereocenters. The molecule has 0 aromatic carbocycles. The number of carboxylic acids is 1. The van der Waals surface area contributed by atoms with Gasteiger partial charge in [0, 0.05) is 5.41 Å². The van der Waals surface area contributed by atoms with Crippen molar-refractivity contribution in [2.45, 2.75) is 112 Å². The van der Waals surface area contributed by atoms with Gasteiger partial charge in [-0.05, 0) is 111 Å². The number of esters is 1. The zero-order chi connectivity index (χ0) is 22.3. The van der Waals surface area contributed by atoms with Gasteiger partial charge in [0.2, 0.25) is 0 Å². The van der Waals surface area contributed by atoms with Crippen molar-refractivity contribution in [1.29, 1.82) is 0 Å². The Kier molecular flexibility index (Phi) is 6.87. The zero-order valence-electron chi connectivity index (χ0n) is 20.1. The first-order valence-electron chi connectivity index (χ1n) is 11.6. The molecule has 0 amide bonds. The molecule has 0 atom stereocenters. The van der Waals surface area contributed by atoms with Crippen LogP contribution in [0.1, 0.15) is 107 Å². The molecular weight excluding hydrogens is 364 g/mol. The molecule has 168 valence electrons. The number of rotatable bonds is 6. The van der Waals surface area contributed by atoms with Gasteiger partial charge in [0.05, 0.1) is 10.8 Å². The summed E-state index contributed by atoms with van der Waals surface area (Å²) in [5, 5.41) is 8.44. The van der Waals surface area contributed by atoms with E-state index in [1.165, 1.54) is 38.5 Å². The van der Waals surface area contributed by atoms with Crippen LogP contribution >= 0.6 is 0 Å². The molecule has 0 spiro atoms. The molecule has 0 aromatic heterocycles. The van der Waals surface area contributed by atoms with Crippen molar-refractivity contribution < 1.29 is 19.4 Å². The van der Waals surface area contributed by atoms with Gasteiger partial charge in [-0.25, -0.2) is 0 Å². The van der Waals surface area contributed by atoms with Gasteiger partial charge in [-0.2, -0.15) is 0 Å². The first-order chi connectivity index (χ1) is 13.2. The molecule has 4 saturated carbocycles. The Hall–Kier alpha value is -1.06. The maximum Gasteiger partial charge on any atom is 0.312 e. The third-order valence-corrected chi connectivity index (χ3v) is 8.56. The molecule has 0 radical (unpaired) electrons. The molecular formula is C25H44O4. The summed E-state index contributed by atoms with van der Waals surface area (Å²) in [6.07, 6.45) is 9.67. The van der Waals surface area contributed by atoms with Crippen LogP contribution in [0.5, 0.6) is 0 Å². The molecule has 4 aliphatic rings. The van der Waals surface area contributed by atoms with Gasteiger partial charge in [-0.3, -0.25) is 9.59 Å². The number of carboxylic acid groups (broad SMARTS) is 1. The quantitative estimate of drug-likeness (QED) is 0.512. The third kappa shape index (κ3) is 4.99. The van der Waals surface area contributed by atoms with E-state index in [1.54, 1.807) is 13.8 Å². The standard InChI is InChI=1S/C19H32O2.C6H12O2/c1-6-17(2,3)16(20)21-18(4,5)19-10-13-7-14(11-19)9-15(8-13)12-19;1-4-6(2,3)5(7)8/h13-15H,6-12H2,1-5H3;4H2,1-3H3,(H,7,8). The Morgan fingerprint density at radius 2 is 1.21 bits per heavy atom. The summed E-state index contributed by atoms with van der Waals surface area (Å²) in [6.45, 7) is 15.8. The topological polar surface area (TPSA) is 63.6 Å². The van der Waals surface area contributed by atoms with E-state index in [9.17, 15) is 9.59 Å². The SMILES string of the molecule is CCC(C)(C)C(=O)O.CCC(C)(C)C(=O)OC(C)(C)C12CC3CC(CC(C3)C1)C2. The lowest BCUT2D eigenvalue weighted by atomic mass is 9.46. The van der Waals surface area contributed by atoms with Gasteiger partial charge in [-0.15, -0.1) is 0 Å². The molecule has 0 saturated heterocycles. The van der Waals surface area contributed by atoms with Crippen LogP contribution in [0.25, 0.3) is 0 Å². The minimum atomic E-state index is -0.722. The van der Waals surface area contributed by atoms with E-state index in [0.717, 1.165) is 24.2 Å². The molecule has 4 aliphatic carbocycles. The monoisotopic (exact) mass is 408 g/mol. The van der Waals surface area contributed by atoms with Crippen LogP contribution in [0.15, 0.2) is 0 Å². The molecule has 4 rings (SSSR count). The van der Waals surface area contributed by atoms with Crippen LogP contribution in [0.4, 0.5) is 0 Å². The maximum absolute atomic E-state index is 12.6. The van der Waals surface area contributed by atoms with Crippen LogP contribution in [0.3, 0.4) is 0 Å². The molecule has 0 aromatic rings. The smallest absolute Gasteiger partial charge is 0.312 e. The number of ether oxygens (including phenoxy) is 1. The predicted molar refractivity (Wildman–Crippen MR) is 117 cm³/mol. The second-order valence-corrected chi connectivity index (χ2v) is 11.9. The number of hydrogen-bond acceptors (Lipinski definition) is 3. The van der Waals surface area contributed by atoms with Crippen molar-refractivity contribution in [2.75, 3.05) is 0 Å². The van der Waals surface area contributed by atoms with Gasteiger partial charge in [0.25, 0.3) is 0 Å². The summed E-state index contributed by atoms with van der Waals surface area (Å²) >= 11 is 0. The molecule has 29 heavy (non-hydrogen) atoms. The van der Waals surface area contributed by atoms with Gasteiger partial charge in [0.1, 0.15) is 5.60 Å². The van der Waals surface area contributed by atoms with E-state index in [4.69, 9.17) is 9.84 Å². The average Bonchev–Trinajstić information content (AvgIpc) is 2.60. The molecule has 4 heteroatoms. The van der Waals surface area contributed by atoms with Gasteiger partial charge in [-0.1, -0.05) is 13.8 Å². The summed E-state index contributed by atoms with van der Waals surface area (Å²) in [6, 6.07) is 0. The minimum Gasteiger partial charge on any atom is -0.481 e. The van der Waals surface area contributed by atoms with Crippen molar-refractivity contribution >= 4 is 11.9 Å². The van der Waals surface area contributed by atoms with Gasteiger partial charge < -0.3 is 9.84 Å². The highest BCUT2D eigenvalue weighted by molar-refractivity contribution is 5.76. The highest BCUT2D eigenvalue weighted by Gasteiger charge is 2.59. The van der Waals surface area contributed by atoms with E-state index < -0.39 is 11.4 Å². The molecule has 1 N–H and O–H groups in total. The first kappa shape index (κ1) is 24.2. The Morgan fingerprint density at radius 1 is 0.828 bits per heavy atom. The lowest BCUT2D eigenvalue weighted by Crippen LogP contribution is -2.58. The van der Waals surface area contributed by atoms with Crippen LogP contribution in [0, 0.1) is 34.0 Å². The largest absolute Gasteiger partial charge is 0.481 e. The van der Waals surface area contributed by atoms with Gasteiger partial charge >= 0.3 is 11.9 Å². The minimum absolute atomic E-state index is 0.00857. The van der Waals surface area contributed by atoms with E-state index in [1.807, 2.05) is 20.8 Å². The van der Waals surface area contributed by atoms with Crippen molar-refractivity contribution in [1.82, 2.24) is 0 Å². The summed E-state index contributed by atoms with van der Waals surface area (Å²) in [5.74, 6) is 1.96. The molecule has 4 nitrogen and oxygen atoms in total. The number of aliphatic carboxylic acids is 1. The number of hydrogen-bond donors (Lipinski definition) is 1. The van der Waals surface area contributed by atoms with Crippen LogP contribution in [-0.4, -0.2) is 22.6 Å². The third-order valence-electron chi connectivity index (χ3n) is 8.56. The van der Waals surface area contributed by atoms with Crippen LogP contribution in [0.2, 0.25) is 0 Å². The summed E-state index contributed by atoms with van der Waals surface area (Å²) in [7, 11) is 0. The first-order valence-corrected chi connectivity index (χ1v) is 11.6. The molecule has 0 aliphatic heterocycles. The molecule has 0 heterocycles. The fourth-order valence-corrected chi connectivity index (χ4v) is 5.62. The summed E-state index contributed by atoms with van der Waals surface area (Å²) < 4.78 is 6.14. The van der Waals surface area contributed by atoms with E-state index in [2.05, 4.69) is 20.8 Å². The molecule has 4 fully saturated rings. The van der Waals surface area contributed by atoms with Crippen molar-refractivity contribution in [2.24, 2.45) is 34.0 Å². The Balaban J connectivity index is 0.000000321. The van der Waals surface area contributed by atoms with E-state index >= 15 is 0 Å². The maximum atomic E-state index is 12.6. The second kappa shape index (κ2) is 8.23. The Bertz CT molecular complexity index is 579. The van der Waals surface area contributed by atoms with E-state index in [0.29, 0.717) is 6.42 Å². The molecule has 4 bridgehead atoms. The van der Waals surface area contributed by atoms with Gasteiger partial charge in [0.15, 0.2) is 0 Å². The summed E-state index contributed by atoms with van der Waals surface area (Å²) in [5.41, 5.74) is -0.965. The predicted octanol–water partition coefficient (Wildman–Crippen LogP) is 6.47. The number of carbonyl (C=O) groups is 2. The lowest BCUT2D eigenvalue weighted by Gasteiger charge is -2.61. The highest BCUT2D eigenvalue weighted by atomic mass is 16.6. The normalized spacial score (nSPS) is 31.1. The van der Waals surface area contributed by atoms with Crippen LogP contribution in [-0.2, 0) is 14.3 Å². The Labute approximate surface area is 178 Å². The fourth-order valence-electron chi connectivity index (χ4n) is 5.62. The lowest BCUT2D eigenvalue weighted by molar-refractivity contribution is -0.206. The van der Waals surface area contributed by atoms with Crippen LogP contribution < -0.4 is 0 Å². The fraction of sp³-hybridized carbons (Fsp3) is 0.920. The van der Waals surface area contributed by atoms with Crippen molar-refractivity contribution in [3.63, 3.8) is 0 Å². The van der Waals surface area contributed by atoms with E-state index in [-0.39, 0.29) is 22.4 Å². The van der Waals surface area contributed by atoms with Crippen molar-refractivity contribution in [3.8, 4) is 0 Å². The highest BCUT2D eigenvalue weighted by Crippen LogP contribution is 2.64. The Morgan fingerprint density at radius 3 is 1.48 bits per heavy atom. The second-order valence-electron chi connectivity index (χ2n) is 11.9. The zero-order valence-corrected chi connectivity index (χ0v) is 20.1. The average molecular weight is 409 g/mol. The van der Waals surface area contributed by atoms with Crippen molar-refractivity contribution in [3.05, 3.63) is 0 Å². The summed E-state index contributed by atoms with van der Waals surface area (Å²) in [4.78, 5) is 22.8.